The van der Waals surface area contributed by atoms with Gasteiger partial charge >= 0.3 is 0 Å². The van der Waals surface area contributed by atoms with E-state index in [1.54, 1.807) is 18.3 Å². The zero-order chi connectivity index (χ0) is 21.5. The summed E-state index contributed by atoms with van der Waals surface area (Å²) in [6.07, 6.45) is 2.61. The first-order chi connectivity index (χ1) is 14.5. The summed E-state index contributed by atoms with van der Waals surface area (Å²) in [5, 5.41) is 12.4. The van der Waals surface area contributed by atoms with Crippen LogP contribution in [0.2, 0.25) is 0 Å². The van der Waals surface area contributed by atoms with Crippen molar-refractivity contribution in [1.29, 1.82) is 5.26 Å². The SMILES string of the molecule is CCc1ccc(C(C)NC(=O)/C(C#N)=C\N2CCN(c3ccc(F)cc3)CC2)cc1. The van der Waals surface area contributed by atoms with E-state index in [0.717, 1.165) is 30.8 Å². The van der Waals surface area contributed by atoms with Crippen LogP contribution in [0.25, 0.3) is 0 Å². The summed E-state index contributed by atoms with van der Waals surface area (Å²) in [5.74, 6) is -0.619. The molecule has 1 saturated heterocycles. The van der Waals surface area contributed by atoms with Crippen molar-refractivity contribution in [2.24, 2.45) is 0 Å². The maximum Gasteiger partial charge on any atom is 0.263 e. The van der Waals surface area contributed by atoms with Gasteiger partial charge in [0.05, 0.1) is 6.04 Å². The van der Waals surface area contributed by atoms with Crippen LogP contribution in [0.4, 0.5) is 10.1 Å². The van der Waals surface area contributed by atoms with E-state index in [9.17, 15) is 14.4 Å². The minimum absolute atomic E-state index is 0.0993. The van der Waals surface area contributed by atoms with Crippen molar-refractivity contribution in [3.8, 4) is 6.07 Å². The average Bonchev–Trinajstić information content (AvgIpc) is 2.78. The van der Waals surface area contributed by atoms with E-state index in [1.807, 2.05) is 30.0 Å². The van der Waals surface area contributed by atoms with Crippen molar-refractivity contribution < 1.29 is 9.18 Å². The molecule has 156 valence electrons. The Morgan fingerprint density at radius 1 is 1.13 bits per heavy atom. The number of hydrogen-bond acceptors (Lipinski definition) is 4. The fourth-order valence-electron chi connectivity index (χ4n) is 3.48. The highest BCUT2D eigenvalue weighted by molar-refractivity contribution is 5.97. The summed E-state index contributed by atoms with van der Waals surface area (Å²) in [6.45, 7) is 6.86. The molecule has 1 N–H and O–H groups in total. The Morgan fingerprint density at radius 3 is 2.33 bits per heavy atom. The van der Waals surface area contributed by atoms with E-state index in [-0.39, 0.29) is 23.3 Å². The third kappa shape index (κ3) is 5.38. The quantitative estimate of drug-likeness (QED) is 0.586. The molecule has 0 aliphatic carbocycles. The number of nitriles is 1. The Labute approximate surface area is 177 Å². The predicted molar refractivity (Wildman–Crippen MR) is 116 cm³/mol. The maximum atomic E-state index is 13.1. The maximum absolute atomic E-state index is 13.1. The van der Waals surface area contributed by atoms with Crippen molar-refractivity contribution in [3.05, 3.63) is 77.2 Å². The number of benzene rings is 2. The van der Waals surface area contributed by atoms with Crippen LogP contribution in [-0.4, -0.2) is 37.0 Å². The molecule has 5 nitrogen and oxygen atoms in total. The van der Waals surface area contributed by atoms with Gasteiger partial charge in [-0.05, 0) is 48.7 Å². The summed E-state index contributed by atoms with van der Waals surface area (Å²) < 4.78 is 13.1. The van der Waals surface area contributed by atoms with Gasteiger partial charge in [-0.1, -0.05) is 31.2 Å². The van der Waals surface area contributed by atoms with Crippen molar-refractivity contribution in [3.63, 3.8) is 0 Å². The molecule has 1 amide bonds. The number of halogens is 1. The summed E-state index contributed by atoms with van der Waals surface area (Å²) in [6, 6.07) is 16.4. The fourth-order valence-corrected chi connectivity index (χ4v) is 3.48. The second-order valence-electron chi connectivity index (χ2n) is 7.44. The predicted octanol–water partition coefficient (Wildman–Crippen LogP) is 3.79. The largest absolute Gasteiger partial charge is 0.373 e. The molecule has 0 bridgehead atoms. The number of amides is 1. The van der Waals surface area contributed by atoms with E-state index in [0.29, 0.717) is 13.1 Å². The Balaban J connectivity index is 1.57. The van der Waals surface area contributed by atoms with Crippen molar-refractivity contribution >= 4 is 11.6 Å². The molecule has 0 aromatic heterocycles. The molecule has 1 atom stereocenters. The molecule has 1 aliphatic heterocycles. The second-order valence-corrected chi connectivity index (χ2v) is 7.44. The van der Waals surface area contributed by atoms with Crippen LogP contribution in [0.15, 0.2) is 60.3 Å². The molecule has 0 saturated carbocycles. The number of hydrogen-bond donors (Lipinski definition) is 1. The molecule has 0 radical (unpaired) electrons. The van der Waals surface area contributed by atoms with Crippen LogP contribution in [0.5, 0.6) is 0 Å². The van der Waals surface area contributed by atoms with E-state index < -0.39 is 0 Å². The highest BCUT2D eigenvalue weighted by atomic mass is 19.1. The Morgan fingerprint density at radius 2 is 1.77 bits per heavy atom. The molecular formula is C24H27FN4O. The third-order valence-electron chi connectivity index (χ3n) is 5.42. The fraction of sp³-hybridized carbons (Fsp3) is 0.333. The Hall–Kier alpha value is -3.33. The zero-order valence-electron chi connectivity index (χ0n) is 17.4. The lowest BCUT2D eigenvalue weighted by atomic mass is 10.0. The van der Waals surface area contributed by atoms with Crippen molar-refractivity contribution in [1.82, 2.24) is 10.2 Å². The Bertz CT molecular complexity index is 923. The molecule has 1 heterocycles. The van der Waals surface area contributed by atoms with Gasteiger partial charge in [0, 0.05) is 38.1 Å². The Kier molecular flexibility index (Phi) is 7.08. The molecule has 3 rings (SSSR count). The van der Waals surface area contributed by atoms with Gasteiger partial charge in [-0.3, -0.25) is 4.79 Å². The first-order valence-electron chi connectivity index (χ1n) is 10.3. The van der Waals surface area contributed by atoms with Gasteiger partial charge in [0.25, 0.3) is 5.91 Å². The van der Waals surface area contributed by atoms with Crippen molar-refractivity contribution in [2.45, 2.75) is 26.3 Å². The van der Waals surface area contributed by atoms with Crippen LogP contribution < -0.4 is 10.2 Å². The van der Waals surface area contributed by atoms with Crippen LogP contribution in [0.1, 0.15) is 31.0 Å². The number of carbonyl (C=O) groups is 1. The summed E-state index contributed by atoms with van der Waals surface area (Å²) in [5.41, 5.74) is 3.32. The molecule has 2 aromatic carbocycles. The monoisotopic (exact) mass is 406 g/mol. The molecular weight excluding hydrogens is 379 g/mol. The van der Waals surface area contributed by atoms with E-state index in [1.165, 1.54) is 17.7 Å². The minimum atomic E-state index is -0.370. The van der Waals surface area contributed by atoms with E-state index >= 15 is 0 Å². The van der Waals surface area contributed by atoms with Crippen LogP contribution >= 0.6 is 0 Å². The molecule has 1 fully saturated rings. The number of anilines is 1. The number of carbonyl (C=O) groups excluding carboxylic acids is 1. The van der Waals surface area contributed by atoms with Gasteiger partial charge in [0.1, 0.15) is 17.5 Å². The lowest BCUT2D eigenvalue weighted by molar-refractivity contribution is -0.117. The lowest BCUT2D eigenvalue weighted by Crippen LogP contribution is -2.44. The van der Waals surface area contributed by atoms with Crippen LogP contribution in [0.3, 0.4) is 0 Å². The third-order valence-corrected chi connectivity index (χ3v) is 5.42. The highest BCUT2D eigenvalue weighted by Gasteiger charge is 2.19. The number of nitrogens with one attached hydrogen (secondary N) is 1. The van der Waals surface area contributed by atoms with Gasteiger partial charge in [0.2, 0.25) is 0 Å². The summed E-state index contributed by atoms with van der Waals surface area (Å²) in [7, 11) is 0. The first kappa shape index (κ1) is 21.4. The van der Waals surface area contributed by atoms with E-state index in [2.05, 4.69) is 29.3 Å². The number of nitrogens with zero attached hydrogens (tertiary/aromatic N) is 3. The highest BCUT2D eigenvalue weighted by Crippen LogP contribution is 2.18. The van der Waals surface area contributed by atoms with E-state index in [4.69, 9.17) is 0 Å². The van der Waals surface area contributed by atoms with Gasteiger partial charge < -0.3 is 15.1 Å². The van der Waals surface area contributed by atoms with Crippen LogP contribution in [0, 0.1) is 17.1 Å². The molecule has 1 unspecified atom stereocenters. The van der Waals surface area contributed by atoms with Gasteiger partial charge in [-0.15, -0.1) is 0 Å². The van der Waals surface area contributed by atoms with Gasteiger partial charge in [-0.2, -0.15) is 5.26 Å². The molecule has 30 heavy (non-hydrogen) atoms. The first-order valence-corrected chi connectivity index (χ1v) is 10.3. The molecule has 6 heteroatoms. The molecule has 0 spiro atoms. The lowest BCUT2D eigenvalue weighted by Gasteiger charge is -2.35. The standard InChI is InChI=1S/C24H27FN4O/c1-3-19-4-6-20(7-5-19)18(2)27-24(30)21(16-26)17-28-12-14-29(15-13-28)23-10-8-22(25)9-11-23/h4-11,17-18H,3,12-15H2,1-2H3,(H,27,30)/b21-17-. The normalized spacial score (nSPS) is 15.5. The van der Waals surface area contributed by atoms with Crippen molar-refractivity contribution in [2.75, 3.05) is 31.1 Å². The smallest absolute Gasteiger partial charge is 0.263 e. The van der Waals surface area contributed by atoms with Gasteiger partial charge in [0.15, 0.2) is 0 Å². The van der Waals surface area contributed by atoms with Crippen LogP contribution in [-0.2, 0) is 11.2 Å². The molecule has 2 aromatic rings. The number of aryl methyl sites for hydroxylation is 1. The zero-order valence-corrected chi connectivity index (χ0v) is 17.4. The minimum Gasteiger partial charge on any atom is -0.373 e. The molecule has 1 aliphatic rings. The number of piperazine rings is 1. The second kappa shape index (κ2) is 9.93. The van der Waals surface area contributed by atoms with Gasteiger partial charge in [-0.25, -0.2) is 4.39 Å². The number of rotatable bonds is 6. The topological polar surface area (TPSA) is 59.4 Å². The summed E-state index contributed by atoms with van der Waals surface area (Å²) >= 11 is 0. The summed E-state index contributed by atoms with van der Waals surface area (Å²) in [4.78, 5) is 16.7. The average molecular weight is 407 g/mol.